The van der Waals surface area contributed by atoms with E-state index in [-0.39, 0.29) is 11.4 Å². The Kier molecular flexibility index (Phi) is 2.23. The van der Waals surface area contributed by atoms with Gasteiger partial charge in [-0.25, -0.2) is 4.68 Å². The number of aryl methyl sites for hydroxylation is 1. The molecule has 0 amide bonds. The van der Waals surface area contributed by atoms with Crippen LogP contribution in [0.15, 0.2) is 16.9 Å². The van der Waals surface area contributed by atoms with Gasteiger partial charge in [-0.1, -0.05) is 0 Å². The van der Waals surface area contributed by atoms with Crippen molar-refractivity contribution in [1.29, 1.82) is 5.41 Å². The van der Waals surface area contributed by atoms with Crippen LogP contribution >= 0.6 is 0 Å². The number of amidine groups is 1. The summed E-state index contributed by atoms with van der Waals surface area (Å²) in [6.07, 6.45) is 0. The number of nitrogens with one attached hydrogen (secondary N) is 1. The molecule has 0 aromatic carbocycles. The van der Waals surface area contributed by atoms with Crippen molar-refractivity contribution in [3.8, 4) is 0 Å². The second-order valence-corrected chi connectivity index (χ2v) is 2.29. The molecule has 12 heavy (non-hydrogen) atoms. The first-order valence-electron chi connectivity index (χ1n) is 3.57. The summed E-state index contributed by atoms with van der Waals surface area (Å²) in [5, 5.41) is 10.9. The highest BCUT2D eigenvalue weighted by molar-refractivity contribution is 5.92. The minimum Gasteiger partial charge on any atom is -0.382 e. The third-order valence-corrected chi connectivity index (χ3v) is 1.44. The molecule has 0 atom stereocenters. The molecule has 0 bridgehead atoms. The van der Waals surface area contributed by atoms with Gasteiger partial charge in [0.2, 0.25) is 0 Å². The number of aromatic nitrogens is 2. The van der Waals surface area contributed by atoms with Crippen LogP contribution < -0.4 is 11.3 Å². The van der Waals surface area contributed by atoms with Crippen molar-refractivity contribution in [2.45, 2.75) is 13.5 Å². The lowest BCUT2D eigenvalue weighted by Crippen LogP contribution is -2.25. The fourth-order valence-electron chi connectivity index (χ4n) is 0.819. The fraction of sp³-hybridized carbons (Fsp3) is 0.286. The van der Waals surface area contributed by atoms with E-state index < -0.39 is 0 Å². The Bertz CT molecular complexity index is 355. The quantitative estimate of drug-likeness (QED) is 0.461. The summed E-state index contributed by atoms with van der Waals surface area (Å²) in [5.74, 6) is -0.128. The Labute approximate surface area is 69.3 Å². The minimum absolute atomic E-state index is 0.128. The van der Waals surface area contributed by atoms with E-state index in [1.54, 1.807) is 6.92 Å². The summed E-state index contributed by atoms with van der Waals surface area (Å²) < 4.78 is 1.26. The van der Waals surface area contributed by atoms with Crippen molar-refractivity contribution in [3.05, 3.63) is 28.2 Å². The van der Waals surface area contributed by atoms with Gasteiger partial charge in [0.15, 0.2) is 0 Å². The summed E-state index contributed by atoms with van der Waals surface area (Å²) in [7, 11) is 0. The molecule has 1 aromatic heterocycles. The summed E-state index contributed by atoms with van der Waals surface area (Å²) in [4.78, 5) is 11.0. The molecule has 0 saturated heterocycles. The lowest BCUT2D eigenvalue weighted by molar-refractivity contribution is 0.612. The Balaban J connectivity index is 3.23. The summed E-state index contributed by atoms with van der Waals surface area (Å²) in [5.41, 5.74) is 5.34. The zero-order chi connectivity index (χ0) is 9.14. The Morgan fingerprint density at radius 1 is 1.75 bits per heavy atom. The van der Waals surface area contributed by atoms with Gasteiger partial charge in [-0.15, -0.1) is 0 Å². The summed E-state index contributed by atoms with van der Waals surface area (Å²) in [6.45, 7) is 2.29. The molecule has 0 unspecified atom stereocenters. The molecule has 0 saturated carbocycles. The van der Waals surface area contributed by atoms with Gasteiger partial charge in [-0.2, -0.15) is 5.10 Å². The van der Waals surface area contributed by atoms with Gasteiger partial charge in [-0.3, -0.25) is 10.2 Å². The van der Waals surface area contributed by atoms with Crippen molar-refractivity contribution < 1.29 is 0 Å². The van der Waals surface area contributed by atoms with E-state index in [2.05, 4.69) is 5.10 Å². The molecule has 0 aliphatic heterocycles. The van der Waals surface area contributed by atoms with E-state index >= 15 is 0 Å². The van der Waals surface area contributed by atoms with Gasteiger partial charge in [0.1, 0.15) is 11.5 Å². The molecule has 5 heteroatoms. The number of rotatable bonds is 2. The minimum atomic E-state index is -0.178. The predicted molar refractivity (Wildman–Crippen MR) is 45.2 cm³/mol. The Hall–Kier alpha value is -1.65. The van der Waals surface area contributed by atoms with Crippen LogP contribution in [-0.4, -0.2) is 15.6 Å². The number of nitrogens with two attached hydrogens (primary N) is 1. The average molecular weight is 166 g/mol. The zero-order valence-electron chi connectivity index (χ0n) is 6.74. The van der Waals surface area contributed by atoms with Gasteiger partial charge in [0.05, 0.1) is 0 Å². The average Bonchev–Trinajstić information content (AvgIpc) is 2.05. The standard InChI is InChI=1S/C7H10N4O/c1-2-11-6(12)4-3-5(10-11)7(8)9/h3-4H,2H2,1H3,(H3,8,9). The van der Waals surface area contributed by atoms with E-state index in [0.717, 1.165) is 0 Å². The van der Waals surface area contributed by atoms with Crippen LogP contribution in [0.4, 0.5) is 0 Å². The first-order chi connectivity index (χ1) is 5.65. The van der Waals surface area contributed by atoms with Gasteiger partial charge >= 0.3 is 0 Å². The van der Waals surface area contributed by atoms with E-state index in [1.165, 1.54) is 16.8 Å². The maximum absolute atomic E-state index is 11.0. The summed E-state index contributed by atoms with van der Waals surface area (Å²) in [6, 6.07) is 2.80. The predicted octanol–water partition coefficient (Wildman–Crippen LogP) is -0.453. The number of hydrogen-bond acceptors (Lipinski definition) is 3. The molecule has 0 radical (unpaired) electrons. The monoisotopic (exact) mass is 166 g/mol. The molecule has 0 aliphatic rings. The second kappa shape index (κ2) is 3.17. The van der Waals surface area contributed by atoms with E-state index in [0.29, 0.717) is 12.2 Å². The smallest absolute Gasteiger partial charge is 0.266 e. The van der Waals surface area contributed by atoms with Crippen LogP contribution in [0.2, 0.25) is 0 Å². The van der Waals surface area contributed by atoms with Crippen LogP contribution in [0, 0.1) is 5.41 Å². The normalized spacial score (nSPS) is 9.75. The molecule has 64 valence electrons. The van der Waals surface area contributed by atoms with Gasteiger partial charge in [-0.05, 0) is 13.0 Å². The van der Waals surface area contributed by atoms with Crippen molar-refractivity contribution in [2.75, 3.05) is 0 Å². The lowest BCUT2D eigenvalue weighted by Gasteiger charge is -2.01. The van der Waals surface area contributed by atoms with Crippen LogP contribution in [0.5, 0.6) is 0 Å². The molecule has 3 N–H and O–H groups in total. The van der Waals surface area contributed by atoms with E-state index in [9.17, 15) is 4.79 Å². The van der Waals surface area contributed by atoms with Crippen LogP contribution in [-0.2, 0) is 6.54 Å². The number of hydrogen-bond donors (Lipinski definition) is 2. The Morgan fingerprint density at radius 3 is 2.92 bits per heavy atom. The van der Waals surface area contributed by atoms with Crippen molar-refractivity contribution in [3.63, 3.8) is 0 Å². The van der Waals surface area contributed by atoms with Crippen LogP contribution in [0.1, 0.15) is 12.6 Å². The molecule has 1 aromatic rings. The molecule has 1 heterocycles. The first-order valence-corrected chi connectivity index (χ1v) is 3.57. The van der Waals surface area contributed by atoms with Gasteiger partial charge in [0.25, 0.3) is 5.56 Å². The highest BCUT2D eigenvalue weighted by Gasteiger charge is 2.00. The molecular formula is C7H10N4O. The van der Waals surface area contributed by atoms with Gasteiger partial charge in [0, 0.05) is 12.6 Å². The maximum Gasteiger partial charge on any atom is 0.266 e. The van der Waals surface area contributed by atoms with E-state index in [4.69, 9.17) is 11.1 Å². The third-order valence-electron chi connectivity index (χ3n) is 1.44. The molecule has 0 spiro atoms. The van der Waals surface area contributed by atoms with Crippen molar-refractivity contribution >= 4 is 5.84 Å². The molecule has 5 nitrogen and oxygen atoms in total. The highest BCUT2D eigenvalue weighted by Crippen LogP contribution is 1.87. The zero-order valence-corrected chi connectivity index (χ0v) is 6.74. The third kappa shape index (κ3) is 1.50. The molecular weight excluding hydrogens is 156 g/mol. The molecule has 0 aliphatic carbocycles. The molecule has 0 fully saturated rings. The fourth-order valence-corrected chi connectivity index (χ4v) is 0.819. The van der Waals surface area contributed by atoms with Crippen LogP contribution in [0.25, 0.3) is 0 Å². The van der Waals surface area contributed by atoms with E-state index in [1.807, 2.05) is 0 Å². The molecule has 1 rings (SSSR count). The topological polar surface area (TPSA) is 84.8 Å². The largest absolute Gasteiger partial charge is 0.382 e. The first kappa shape index (κ1) is 8.45. The number of nitrogen functional groups attached to an aromatic ring is 1. The lowest BCUT2D eigenvalue weighted by atomic mass is 10.4. The van der Waals surface area contributed by atoms with Crippen LogP contribution in [0.3, 0.4) is 0 Å². The summed E-state index contributed by atoms with van der Waals surface area (Å²) >= 11 is 0. The maximum atomic E-state index is 11.0. The number of nitrogens with zero attached hydrogens (tertiary/aromatic N) is 2. The highest BCUT2D eigenvalue weighted by atomic mass is 16.1. The Morgan fingerprint density at radius 2 is 2.42 bits per heavy atom. The van der Waals surface area contributed by atoms with Crippen molar-refractivity contribution in [1.82, 2.24) is 9.78 Å². The van der Waals surface area contributed by atoms with Gasteiger partial charge < -0.3 is 5.73 Å². The second-order valence-electron chi connectivity index (χ2n) is 2.29. The van der Waals surface area contributed by atoms with Crippen molar-refractivity contribution in [2.24, 2.45) is 5.73 Å². The SMILES string of the molecule is CCn1nc(C(=N)N)ccc1=O.